The van der Waals surface area contributed by atoms with Crippen LogP contribution in [0.5, 0.6) is 5.75 Å². The molecule has 3 aliphatic rings. The van der Waals surface area contributed by atoms with E-state index in [1.165, 1.54) is 22.6 Å². The van der Waals surface area contributed by atoms with Crippen LogP contribution in [0, 0.1) is 5.82 Å². The minimum Gasteiger partial charge on any atom is -0.489 e. The molecule has 6 rings (SSSR count). The van der Waals surface area contributed by atoms with Crippen LogP contribution in [0.4, 0.5) is 10.1 Å². The predicted octanol–water partition coefficient (Wildman–Crippen LogP) is 4.33. The Morgan fingerprint density at radius 2 is 1.55 bits per heavy atom. The highest BCUT2D eigenvalue weighted by atomic mass is 35.5. The number of benzene rings is 3. The molecule has 11 heteroatoms. The van der Waals surface area contributed by atoms with Crippen molar-refractivity contribution in [1.29, 1.82) is 0 Å². The first-order valence-electron chi connectivity index (χ1n) is 13.6. The highest BCUT2D eigenvalue weighted by Gasteiger charge is 2.40. The lowest BCUT2D eigenvalue weighted by Crippen LogP contribution is -2.52. The molecule has 2 fully saturated rings. The van der Waals surface area contributed by atoms with E-state index in [-0.39, 0.29) is 55.4 Å². The lowest BCUT2D eigenvalue weighted by atomic mass is 10.0. The summed E-state index contributed by atoms with van der Waals surface area (Å²) in [5.74, 6) is -0.517. The molecule has 3 aromatic carbocycles. The molecule has 0 aromatic heterocycles. The maximum atomic E-state index is 13.2. The van der Waals surface area contributed by atoms with Gasteiger partial charge >= 0.3 is 0 Å². The molecular weight excluding hydrogens is 582 g/mol. The van der Waals surface area contributed by atoms with Crippen LogP contribution in [0.3, 0.4) is 0 Å². The summed E-state index contributed by atoms with van der Waals surface area (Å²) in [6.45, 7) is 5.20. The van der Waals surface area contributed by atoms with Crippen LogP contribution in [-0.2, 0) is 29.3 Å². The van der Waals surface area contributed by atoms with E-state index in [0.717, 1.165) is 49.5 Å². The normalized spacial score (nSPS) is 18.6. The van der Waals surface area contributed by atoms with Crippen LogP contribution in [0.15, 0.2) is 66.7 Å². The van der Waals surface area contributed by atoms with Crippen LogP contribution < -0.4 is 15.0 Å². The fourth-order valence-corrected chi connectivity index (χ4v) is 5.67. The molecule has 0 aliphatic carbocycles. The van der Waals surface area contributed by atoms with Crippen molar-refractivity contribution in [3.8, 4) is 5.75 Å². The van der Waals surface area contributed by atoms with Crippen molar-refractivity contribution in [2.45, 2.75) is 38.6 Å². The summed E-state index contributed by atoms with van der Waals surface area (Å²) < 4.78 is 19.4. The number of carbonyl (C=O) groups excluding carboxylic acids is 3. The van der Waals surface area contributed by atoms with Crippen molar-refractivity contribution >= 4 is 48.2 Å². The second kappa shape index (κ2) is 13.5. The smallest absolute Gasteiger partial charge is 0.255 e. The number of nitrogens with one attached hydrogen (secondary N) is 1. The van der Waals surface area contributed by atoms with Gasteiger partial charge in [-0.3, -0.25) is 24.6 Å². The predicted molar refractivity (Wildman–Crippen MR) is 162 cm³/mol. The molecule has 0 saturated carbocycles. The number of hydrogen-bond donors (Lipinski definition) is 1. The highest BCUT2D eigenvalue weighted by molar-refractivity contribution is 6.05. The van der Waals surface area contributed by atoms with Gasteiger partial charge in [0.15, 0.2) is 0 Å². The third-order valence-corrected chi connectivity index (χ3v) is 7.93. The van der Waals surface area contributed by atoms with Crippen LogP contribution in [-0.4, -0.2) is 59.7 Å². The summed E-state index contributed by atoms with van der Waals surface area (Å²) in [4.78, 5) is 43.2. The minimum absolute atomic E-state index is 0. The fourth-order valence-electron chi connectivity index (χ4n) is 5.67. The number of hydrogen-bond acceptors (Lipinski definition) is 6. The van der Waals surface area contributed by atoms with Gasteiger partial charge in [-0.15, -0.1) is 24.8 Å². The van der Waals surface area contributed by atoms with E-state index in [0.29, 0.717) is 24.3 Å². The van der Waals surface area contributed by atoms with Gasteiger partial charge in [0, 0.05) is 56.0 Å². The lowest BCUT2D eigenvalue weighted by molar-refractivity contribution is -0.136. The summed E-state index contributed by atoms with van der Waals surface area (Å²) in [6, 6.07) is 19.8. The van der Waals surface area contributed by atoms with Gasteiger partial charge in [0.1, 0.15) is 24.2 Å². The highest BCUT2D eigenvalue weighted by Crippen LogP contribution is 2.34. The van der Waals surface area contributed by atoms with Gasteiger partial charge in [-0.2, -0.15) is 0 Å². The minimum atomic E-state index is -0.649. The molecule has 3 aromatic rings. The molecular formula is C31H33Cl2FN4O4. The van der Waals surface area contributed by atoms with Crippen LogP contribution in [0.25, 0.3) is 0 Å². The quantitative estimate of drug-likeness (QED) is 0.399. The molecule has 0 bridgehead atoms. The maximum absolute atomic E-state index is 13.2. The number of nitrogens with zero attached hydrogens (tertiary/aromatic N) is 3. The van der Waals surface area contributed by atoms with Crippen molar-refractivity contribution in [2.24, 2.45) is 0 Å². The van der Waals surface area contributed by atoms with E-state index in [1.54, 1.807) is 12.1 Å². The Morgan fingerprint density at radius 3 is 2.24 bits per heavy atom. The molecule has 1 unspecified atom stereocenters. The molecule has 222 valence electrons. The van der Waals surface area contributed by atoms with E-state index in [1.807, 2.05) is 18.2 Å². The number of imide groups is 1. The molecule has 8 nitrogen and oxygen atoms in total. The van der Waals surface area contributed by atoms with E-state index in [4.69, 9.17) is 4.74 Å². The maximum Gasteiger partial charge on any atom is 0.255 e. The number of halogens is 3. The van der Waals surface area contributed by atoms with Gasteiger partial charge in [-0.25, -0.2) is 4.39 Å². The topological polar surface area (TPSA) is 82.2 Å². The van der Waals surface area contributed by atoms with Gasteiger partial charge in [0.05, 0.1) is 6.54 Å². The van der Waals surface area contributed by atoms with Crippen LogP contribution >= 0.6 is 24.8 Å². The van der Waals surface area contributed by atoms with E-state index < -0.39 is 11.9 Å². The van der Waals surface area contributed by atoms with E-state index >= 15 is 0 Å². The monoisotopic (exact) mass is 614 g/mol. The summed E-state index contributed by atoms with van der Waals surface area (Å²) in [7, 11) is 0. The first kappa shape index (κ1) is 31.3. The van der Waals surface area contributed by atoms with Gasteiger partial charge < -0.3 is 14.5 Å². The Labute approximate surface area is 256 Å². The van der Waals surface area contributed by atoms with Gasteiger partial charge in [-0.1, -0.05) is 30.3 Å². The fraction of sp³-hybridized carbons (Fsp3) is 0.323. The van der Waals surface area contributed by atoms with Crippen molar-refractivity contribution in [2.75, 3.05) is 31.1 Å². The zero-order valence-electron chi connectivity index (χ0n) is 23.0. The summed E-state index contributed by atoms with van der Waals surface area (Å²) in [5, 5.41) is 2.34. The zero-order valence-corrected chi connectivity index (χ0v) is 24.6. The summed E-state index contributed by atoms with van der Waals surface area (Å²) in [6.07, 6.45) is 0.555. The third kappa shape index (κ3) is 6.69. The Balaban J connectivity index is 0.00000202. The molecule has 0 radical (unpaired) electrons. The van der Waals surface area contributed by atoms with Crippen molar-refractivity contribution in [3.63, 3.8) is 0 Å². The van der Waals surface area contributed by atoms with Gasteiger partial charge in [0.25, 0.3) is 5.91 Å². The second-order valence-electron chi connectivity index (χ2n) is 10.5. The number of fused-ring (bicyclic) bond motifs is 1. The molecule has 3 aliphatic heterocycles. The average molecular weight is 616 g/mol. The van der Waals surface area contributed by atoms with Gasteiger partial charge in [0.2, 0.25) is 11.8 Å². The van der Waals surface area contributed by atoms with E-state index in [2.05, 4.69) is 39.4 Å². The number of piperidine rings is 1. The third-order valence-electron chi connectivity index (χ3n) is 7.93. The lowest BCUT2D eigenvalue weighted by Gasteiger charge is -2.36. The number of carbonyl (C=O) groups is 3. The molecule has 42 heavy (non-hydrogen) atoms. The average Bonchev–Trinajstić information content (AvgIpc) is 3.30. The largest absolute Gasteiger partial charge is 0.489 e. The van der Waals surface area contributed by atoms with Gasteiger partial charge in [-0.05, 0) is 53.9 Å². The Kier molecular flexibility index (Phi) is 10.1. The SMILES string of the molecule is Cl.Cl.O=C1CCC(N2Cc3c(OCc4ccc(CN5CCN(c6ccc(F)cc6)CC5)cc4)cccc3C2=O)C(=O)N1. The van der Waals surface area contributed by atoms with E-state index in [9.17, 15) is 18.8 Å². The molecule has 0 spiro atoms. The number of rotatable bonds is 7. The number of ether oxygens (including phenoxy) is 1. The van der Waals surface area contributed by atoms with Crippen molar-refractivity contribution < 1.29 is 23.5 Å². The standard InChI is InChI=1S/C31H31FN4O4.2ClH/c32-23-8-10-24(11-9-23)35-16-14-34(15-17-35)18-21-4-6-22(7-5-21)20-40-28-3-1-2-25-26(28)19-36(31(25)39)27-12-13-29(37)33-30(27)38;;/h1-11,27H,12-20H2,(H,33,37,38);2*1H. The zero-order chi connectivity index (χ0) is 27.6. The molecule has 3 heterocycles. The first-order chi connectivity index (χ1) is 19.4. The van der Waals surface area contributed by atoms with Crippen LogP contribution in [0.2, 0.25) is 0 Å². The van der Waals surface area contributed by atoms with Crippen LogP contribution in [0.1, 0.15) is 39.9 Å². The Bertz CT molecular complexity index is 1430. The molecule has 2 saturated heterocycles. The molecule has 1 N–H and O–H groups in total. The number of anilines is 1. The van der Waals surface area contributed by atoms with Crippen molar-refractivity contribution in [1.82, 2.24) is 15.1 Å². The second-order valence-corrected chi connectivity index (χ2v) is 10.5. The number of amides is 3. The van der Waals surface area contributed by atoms with Crippen molar-refractivity contribution in [3.05, 3.63) is 94.8 Å². The Morgan fingerprint density at radius 1 is 0.857 bits per heavy atom. The number of piperazine rings is 1. The molecule has 3 amide bonds. The summed E-state index contributed by atoms with van der Waals surface area (Å²) in [5.41, 5.74) is 4.62. The first-order valence-corrected chi connectivity index (χ1v) is 13.6. The summed E-state index contributed by atoms with van der Waals surface area (Å²) >= 11 is 0. The molecule has 1 atom stereocenters. The Hall–Kier alpha value is -3.66.